The number of hydrogen-bond donors (Lipinski definition) is 0. The van der Waals surface area contributed by atoms with Crippen LogP contribution in [-0.4, -0.2) is 26.8 Å². The molecule has 1 aromatic carbocycles. The highest BCUT2D eigenvalue weighted by molar-refractivity contribution is 14.1. The first-order chi connectivity index (χ1) is 8.59. The second-order valence-electron chi connectivity index (χ2n) is 4.22. The third kappa shape index (κ3) is 1.71. The number of alkyl halides is 1. The normalized spacial score (nSPS) is 25.1. The molecule has 6 heteroatoms. The van der Waals surface area contributed by atoms with Crippen molar-refractivity contribution in [1.29, 1.82) is 0 Å². The molecule has 2 aliphatic rings. The molecule has 0 aromatic heterocycles. The molecule has 0 radical (unpaired) electrons. The van der Waals surface area contributed by atoms with Gasteiger partial charge in [-0.1, -0.05) is 39.8 Å². The van der Waals surface area contributed by atoms with Crippen molar-refractivity contribution in [1.82, 2.24) is 5.06 Å². The monoisotopic (exact) mass is 357 g/mol. The van der Waals surface area contributed by atoms with E-state index in [4.69, 9.17) is 4.84 Å². The Morgan fingerprint density at radius 1 is 1.22 bits per heavy atom. The summed E-state index contributed by atoms with van der Waals surface area (Å²) in [5, 5.41) is 0.564. The summed E-state index contributed by atoms with van der Waals surface area (Å²) in [7, 11) is 0. The van der Waals surface area contributed by atoms with E-state index in [1.807, 2.05) is 0 Å². The SMILES string of the molecule is O=C(ON1C(=O)c2ccccc2C1=O)[C@H]1C[C@@H]1I. The zero-order chi connectivity index (χ0) is 12.9. The maximum atomic E-state index is 11.9. The lowest BCUT2D eigenvalue weighted by atomic mass is 10.1. The Bertz CT molecular complexity index is 536. The molecule has 2 amide bonds. The summed E-state index contributed by atoms with van der Waals surface area (Å²) in [6, 6.07) is 6.41. The van der Waals surface area contributed by atoms with E-state index < -0.39 is 17.8 Å². The molecule has 0 spiro atoms. The number of fused-ring (bicyclic) bond motifs is 1. The number of halogens is 1. The fourth-order valence-corrected chi connectivity index (χ4v) is 2.66. The summed E-state index contributed by atoms with van der Waals surface area (Å²) in [4.78, 5) is 40.3. The predicted octanol–water partition coefficient (Wildman–Crippen LogP) is 1.56. The average Bonchev–Trinajstić information content (AvgIpc) is 3.06. The molecular formula is C12H8INO4. The van der Waals surface area contributed by atoms with Crippen molar-refractivity contribution in [2.45, 2.75) is 10.3 Å². The van der Waals surface area contributed by atoms with Gasteiger partial charge in [0.15, 0.2) is 0 Å². The maximum Gasteiger partial charge on any atom is 0.337 e. The maximum absolute atomic E-state index is 11.9. The molecule has 3 rings (SSSR count). The van der Waals surface area contributed by atoms with Gasteiger partial charge in [-0.05, 0) is 18.6 Å². The molecule has 0 unspecified atom stereocenters. The zero-order valence-corrected chi connectivity index (χ0v) is 11.3. The number of amides is 2. The molecule has 92 valence electrons. The summed E-state index contributed by atoms with van der Waals surface area (Å²) in [5.41, 5.74) is 0.550. The van der Waals surface area contributed by atoms with Gasteiger partial charge in [-0.2, -0.15) is 0 Å². The van der Waals surface area contributed by atoms with E-state index in [0.717, 1.165) is 6.42 Å². The van der Waals surface area contributed by atoms with Crippen molar-refractivity contribution < 1.29 is 19.2 Å². The van der Waals surface area contributed by atoms with Gasteiger partial charge in [0.1, 0.15) is 0 Å². The van der Waals surface area contributed by atoms with Crippen LogP contribution in [0.25, 0.3) is 0 Å². The molecule has 1 aromatic rings. The molecule has 1 aliphatic carbocycles. The first-order valence-corrected chi connectivity index (χ1v) is 6.68. The summed E-state index contributed by atoms with van der Waals surface area (Å²) >= 11 is 2.14. The van der Waals surface area contributed by atoms with Crippen molar-refractivity contribution in [2.75, 3.05) is 0 Å². The number of benzene rings is 1. The summed E-state index contributed by atoms with van der Waals surface area (Å²) in [6.45, 7) is 0. The fourth-order valence-electron chi connectivity index (χ4n) is 1.82. The smallest absolute Gasteiger partial charge is 0.329 e. The quantitative estimate of drug-likeness (QED) is 0.458. The van der Waals surface area contributed by atoms with Crippen LogP contribution in [0.2, 0.25) is 0 Å². The molecule has 0 N–H and O–H groups in total. The Morgan fingerprint density at radius 2 is 1.72 bits per heavy atom. The van der Waals surface area contributed by atoms with E-state index in [0.29, 0.717) is 5.06 Å². The van der Waals surface area contributed by atoms with Crippen LogP contribution in [0.1, 0.15) is 27.1 Å². The van der Waals surface area contributed by atoms with E-state index in [1.54, 1.807) is 24.3 Å². The molecule has 1 aliphatic heterocycles. The first-order valence-electron chi connectivity index (χ1n) is 5.43. The van der Waals surface area contributed by atoms with E-state index in [9.17, 15) is 14.4 Å². The molecule has 18 heavy (non-hydrogen) atoms. The summed E-state index contributed by atoms with van der Waals surface area (Å²) < 4.78 is 0.241. The Morgan fingerprint density at radius 3 is 2.17 bits per heavy atom. The number of carbonyl (C=O) groups excluding carboxylic acids is 3. The van der Waals surface area contributed by atoms with Gasteiger partial charge in [-0.15, -0.1) is 0 Å². The summed E-state index contributed by atoms with van der Waals surface area (Å²) in [6.07, 6.45) is 0.739. The average molecular weight is 357 g/mol. The van der Waals surface area contributed by atoms with Crippen LogP contribution >= 0.6 is 22.6 Å². The highest BCUT2D eigenvalue weighted by atomic mass is 127. The van der Waals surface area contributed by atoms with E-state index in [1.165, 1.54) is 0 Å². The Kier molecular flexibility index (Phi) is 2.61. The van der Waals surface area contributed by atoms with Crippen molar-refractivity contribution in [3.63, 3.8) is 0 Å². The first kappa shape index (κ1) is 11.6. The van der Waals surface area contributed by atoms with Crippen LogP contribution in [0.5, 0.6) is 0 Å². The number of rotatable bonds is 2. The van der Waals surface area contributed by atoms with E-state index in [2.05, 4.69) is 22.6 Å². The van der Waals surface area contributed by atoms with Crippen molar-refractivity contribution in [2.24, 2.45) is 5.92 Å². The van der Waals surface area contributed by atoms with Crippen LogP contribution in [-0.2, 0) is 9.63 Å². The Labute approximate surface area is 116 Å². The van der Waals surface area contributed by atoms with Crippen LogP contribution in [0.4, 0.5) is 0 Å². The van der Waals surface area contributed by atoms with E-state index in [-0.39, 0.29) is 21.0 Å². The predicted molar refractivity (Wildman–Crippen MR) is 68.9 cm³/mol. The molecule has 1 heterocycles. The molecule has 0 saturated heterocycles. The minimum Gasteiger partial charge on any atom is -0.329 e. The lowest BCUT2D eigenvalue weighted by molar-refractivity contribution is -0.170. The second kappa shape index (κ2) is 4.04. The lowest BCUT2D eigenvalue weighted by Gasteiger charge is -2.12. The molecule has 5 nitrogen and oxygen atoms in total. The Hall–Kier alpha value is -1.44. The van der Waals surface area contributed by atoms with Crippen molar-refractivity contribution in [3.05, 3.63) is 35.4 Å². The highest BCUT2D eigenvalue weighted by Crippen LogP contribution is 2.39. The molecule has 1 fully saturated rings. The van der Waals surface area contributed by atoms with Gasteiger partial charge in [-0.3, -0.25) is 9.59 Å². The third-order valence-electron chi connectivity index (χ3n) is 2.95. The topological polar surface area (TPSA) is 63.7 Å². The zero-order valence-electron chi connectivity index (χ0n) is 9.13. The van der Waals surface area contributed by atoms with Crippen molar-refractivity contribution >= 4 is 40.4 Å². The van der Waals surface area contributed by atoms with Crippen LogP contribution in [0, 0.1) is 5.92 Å². The number of hydrogen-bond acceptors (Lipinski definition) is 4. The highest BCUT2D eigenvalue weighted by Gasteiger charge is 2.46. The van der Waals surface area contributed by atoms with Gasteiger partial charge < -0.3 is 4.84 Å². The molecule has 0 bridgehead atoms. The van der Waals surface area contributed by atoms with Gasteiger partial charge in [0.25, 0.3) is 11.8 Å². The third-order valence-corrected chi connectivity index (χ3v) is 4.33. The van der Waals surface area contributed by atoms with Crippen LogP contribution in [0.15, 0.2) is 24.3 Å². The molecular weight excluding hydrogens is 349 g/mol. The second-order valence-corrected chi connectivity index (χ2v) is 5.82. The number of hydroxylamine groups is 2. The van der Waals surface area contributed by atoms with Gasteiger partial charge in [0.2, 0.25) is 0 Å². The number of imide groups is 1. The lowest BCUT2D eigenvalue weighted by Crippen LogP contribution is -2.33. The molecule has 2 atom stereocenters. The van der Waals surface area contributed by atoms with E-state index >= 15 is 0 Å². The number of nitrogens with zero attached hydrogens (tertiary/aromatic N) is 1. The Balaban J connectivity index is 1.82. The fraction of sp³-hybridized carbons (Fsp3) is 0.250. The van der Waals surface area contributed by atoms with Gasteiger partial charge in [0, 0.05) is 3.92 Å². The largest absolute Gasteiger partial charge is 0.337 e. The minimum atomic E-state index is -0.574. The van der Waals surface area contributed by atoms with Crippen molar-refractivity contribution in [3.8, 4) is 0 Å². The molecule has 1 saturated carbocycles. The van der Waals surface area contributed by atoms with Gasteiger partial charge in [0.05, 0.1) is 17.0 Å². The van der Waals surface area contributed by atoms with Gasteiger partial charge in [-0.25, -0.2) is 4.79 Å². The minimum absolute atomic E-state index is 0.199. The van der Waals surface area contributed by atoms with Crippen LogP contribution in [0.3, 0.4) is 0 Å². The summed E-state index contributed by atoms with van der Waals surface area (Å²) in [5.74, 6) is -1.86. The standard InChI is InChI=1S/C12H8INO4/c13-9-5-8(9)12(17)18-14-10(15)6-3-1-2-4-7(6)11(14)16/h1-4,8-9H,5H2/t8-,9-/m0/s1. The number of carbonyl (C=O) groups is 3. The van der Waals surface area contributed by atoms with Crippen LogP contribution < -0.4 is 0 Å². The van der Waals surface area contributed by atoms with Gasteiger partial charge >= 0.3 is 5.97 Å².